The molecule has 0 spiro atoms. The lowest BCUT2D eigenvalue weighted by Crippen LogP contribution is -2.33. The summed E-state index contributed by atoms with van der Waals surface area (Å²) < 4.78 is 31.8. The topological polar surface area (TPSA) is 38.3 Å². The van der Waals surface area contributed by atoms with Gasteiger partial charge in [-0.3, -0.25) is 0 Å². The van der Waals surface area contributed by atoms with E-state index in [-0.39, 0.29) is 11.5 Å². The minimum absolute atomic E-state index is 0.243. The van der Waals surface area contributed by atoms with Gasteiger partial charge in [0.2, 0.25) is 0 Å². The molecule has 0 aliphatic rings. The fourth-order valence-corrected chi connectivity index (χ4v) is 1.56. The van der Waals surface area contributed by atoms with Crippen molar-refractivity contribution in [3.63, 3.8) is 0 Å². The van der Waals surface area contributed by atoms with Gasteiger partial charge in [0.05, 0.1) is 12.7 Å². The summed E-state index contributed by atoms with van der Waals surface area (Å²) in [6.07, 6.45) is 0. The summed E-state index contributed by atoms with van der Waals surface area (Å²) in [5.41, 5.74) is -0.301. The number of benzene rings is 1. The quantitative estimate of drug-likeness (QED) is 0.823. The number of ether oxygens (including phenoxy) is 1. The SMILES string of the molecule is COC(=O)C(NCC(C)C)c1c(F)cccc1F. The molecule has 18 heavy (non-hydrogen) atoms. The molecule has 0 aromatic heterocycles. The lowest BCUT2D eigenvalue weighted by molar-refractivity contribution is -0.143. The fourth-order valence-electron chi connectivity index (χ4n) is 1.56. The van der Waals surface area contributed by atoms with E-state index in [1.165, 1.54) is 13.2 Å². The molecule has 0 heterocycles. The molecule has 1 rings (SSSR count). The summed E-state index contributed by atoms with van der Waals surface area (Å²) in [6, 6.07) is 2.36. The number of hydrogen-bond acceptors (Lipinski definition) is 3. The first-order valence-electron chi connectivity index (χ1n) is 5.72. The minimum atomic E-state index is -1.13. The third-order valence-electron chi connectivity index (χ3n) is 2.46. The van der Waals surface area contributed by atoms with Crippen LogP contribution in [0, 0.1) is 17.6 Å². The number of hydrogen-bond donors (Lipinski definition) is 1. The van der Waals surface area contributed by atoms with Gasteiger partial charge in [-0.05, 0) is 24.6 Å². The summed E-state index contributed by atoms with van der Waals surface area (Å²) in [4.78, 5) is 11.6. The molecule has 0 bridgehead atoms. The first kappa shape index (κ1) is 14.6. The fraction of sp³-hybridized carbons (Fsp3) is 0.462. The average molecular weight is 257 g/mol. The Morgan fingerprint density at radius 1 is 1.33 bits per heavy atom. The largest absolute Gasteiger partial charge is 0.468 e. The highest BCUT2D eigenvalue weighted by atomic mass is 19.1. The second-order valence-electron chi connectivity index (χ2n) is 4.39. The Hall–Kier alpha value is -1.49. The van der Waals surface area contributed by atoms with E-state index in [4.69, 9.17) is 0 Å². The van der Waals surface area contributed by atoms with E-state index in [1.807, 2.05) is 13.8 Å². The van der Waals surface area contributed by atoms with Crippen LogP contribution >= 0.6 is 0 Å². The molecule has 1 aromatic rings. The number of methoxy groups -OCH3 is 1. The molecule has 0 fully saturated rings. The Balaban J connectivity index is 3.05. The maximum atomic E-state index is 13.6. The number of carbonyl (C=O) groups excluding carboxylic acids is 1. The third kappa shape index (κ3) is 3.50. The van der Waals surface area contributed by atoms with Gasteiger partial charge in [-0.15, -0.1) is 0 Å². The van der Waals surface area contributed by atoms with Gasteiger partial charge < -0.3 is 10.1 Å². The molecule has 1 N–H and O–H groups in total. The van der Waals surface area contributed by atoms with Gasteiger partial charge in [-0.2, -0.15) is 0 Å². The van der Waals surface area contributed by atoms with Gasteiger partial charge in [-0.25, -0.2) is 13.6 Å². The first-order valence-corrected chi connectivity index (χ1v) is 5.72. The van der Waals surface area contributed by atoms with Crippen molar-refractivity contribution in [1.82, 2.24) is 5.32 Å². The summed E-state index contributed by atoms with van der Waals surface area (Å²) in [7, 11) is 1.19. The molecular formula is C13H17F2NO2. The number of nitrogens with one attached hydrogen (secondary N) is 1. The van der Waals surface area contributed by atoms with Gasteiger partial charge in [0.15, 0.2) is 0 Å². The molecule has 1 unspecified atom stereocenters. The predicted octanol–water partition coefficient (Wildman–Crippen LogP) is 2.42. The van der Waals surface area contributed by atoms with Crippen molar-refractivity contribution in [1.29, 1.82) is 0 Å². The molecule has 0 aliphatic carbocycles. The van der Waals surface area contributed by atoms with Crippen LogP contribution in [-0.4, -0.2) is 19.6 Å². The van der Waals surface area contributed by atoms with Gasteiger partial charge >= 0.3 is 5.97 Å². The summed E-state index contributed by atoms with van der Waals surface area (Å²) in [5, 5.41) is 2.81. The Morgan fingerprint density at radius 3 is 2.33 bits per heavy atom. The Kier molecular flexibility index (Phi) is 5.22. The van der Waals surface area contributed by atoms with Crippen LogP contribution in [0.4, 0.5) is 8.78 Å². The van der Waals surface area contributed by atoms with Crippen LogP contribution in [0.2, 0.25) is 0 Å². The number of rotatable bonds is 5. The monoisotopic (exact) mass is 257 g/mol. The zero-order valence-electron chi connectivity index (χ0n) is 10.7. The summed E-state index contributed by atoms with van der Waals surface area (Å²) in [5.74, 6) is -1.99. The average Bonchev–Trinajstić information content (AvgIpc) is 2.31. The second-order valence-corrected chi connectivity index (χ2v) is 4.39. The highest BCUT2D eigenvalue weighted by Gasteiger charge is 2.27. The van der Waals surface area contributed by atoms with E-state index in [2.05, 4.69) is 10.1 Å². The Morgan fingerprint density at radius 2 is 1.89 bits per heavy atom. The molecule has 100 valence electrons. The molecule has 0 saturated heterocycles. The second kappa shape index (κ2) is 6.44. The van der Waals surface area contributed by atoms with Crippen LogP contribution in [0.1, 0.15) is 25.5 Å². The lowest BCUT2D eigenvalue weighted by Gasteiger charge is -2.19. The maximum absolute atomic E-state index is 13.6. The number of halogens is 2. The van der Waals surface area contributed by atoms with Crippen molar-refractivity contribution in [3.05, 3.63) is 35.4 Å². The van der Waals surface area contributed by atoms with Gasteiger partial charge in [0, 0.05) is 0 Å². The van der Waals surface area contributed by atoms with Crippen molar-refractivity contribution >= 4 is 5.97 Å². The Bertz CT molecular complexity index is 401. The molecule has 0 aliphatic heterocycles. The first-order chi connectivity index (χ1) is 8.47. The summed E-state index contributed by atoms with van der Waals surface area (Å²) in [6.45, 7) is 4.31. The highest BCUT2D eigenvalue weighted by Crippen LogP contribution is 2.22. The normalized spacial score (nSPS) is 12.6. The van der Waals surface area contributed by atoms with Crippen molar-refractivity contribution in [2.75, 3.05) is 13.7 Å². The molecule has 5 heteroatoms. The van der Waals surface area contributed by atoms with Crippen molar-refractivity contribution < 1.29 is 18.3 Å². The lowest BCUT2D eigenvalue weighted by atomic mass is 10.0. The van der Waals surface area contributed by atoms with E-state index < -0.39 is 23.6 Å². The molecule has 1 aromatic carbocycles. The number of esters is 1. The van der Waals surface area contributed by atoms with Crippen molar-refractivity contribution in [3.8, 4) is 0 Å². The third-order valence-corrected chi connectivity index (χ3v) is 2.46. The van der Waals surface area contributed by atoms with E-state index in [0.717, 1.165) is 12.1 Å². The molecule has 0 amide bonds. The van der Waals surface area contributed by atoms with E-state index >= 15 is 0 Å². The van der Waals surface area contributed by atoms with Crippen LogP contribution in [-0.2, 0) is 9.53 Å². The van der Waals surface area contributed by atoms with Crippen molar-refractivity contribution in [2.24, 2.45) is 5.92 Å². The van der Waals surface area contributed by atoms with E-state index in [9.17, 15) is 13.6 Å². The van der Waals surface area contributed by atoms with Crippen LogP contribution in [0.25, 0.3) is 0 Å². The predicted molar refractivity (Wildman–Crippen MR) is 64.0 cm³/mol. The standard InChI is InChI=1S/C13H17F2NO2/c1-8(2)7-16-12(13(17)18-3)11-9(14)5-4-6-10(11)15/h4-6,8,12,16H,7H2,1-3H3. The molecular weight excluding hydrogens is 240 g/mol. The maximum Gasteiger partial charge on any atom is 0.327 e. The van der Waals surface area contributed by atoms with Crippen molar-refractivity contribution in [2.45, 2.75) is 19.9 Å². The highest BCUT2D eigenvalue weighted by molar-refractivity contribution is 5.77. The van der Waals surface area contributed by atoms with Crippen LogP contribution in [0.5, 0.6) is 0 Å². The number of carbonyl (C=O) groups is 1. The smallest absolute Gasteiger partial charge is 0.327 e. The van der Waals surface area contributed by atoms with E-state index in [0.29, 0.717) is 6.54 Å². The van der Waals surface area contributed by atoms with Crippen LogP contribution in [0.15, 0.2) is 18.2 Å². The zero-order valence-corrected chi connectivity index (χ0v) is 10.7. The molecule has 1 atom stereocenters. The molecule has 3 nitrogen and oxygen atoms in total. The molecule has 0 saturated carbocycles. The van der Waals surface area contributed by atoms with Gasteiger partial charge in [0.1, 0.15) is 17.7 Å². The van der Waals surface area contributed by atoms with Crippen LogP contribution < -0.4 is 5.32 Å². The Labute approximate surface area is 105 Å². The van der Waals surface area contributed by atoms with Gasteiger partial charge in [-0.1, -0.05) is 19.9 Å². The van der Waals surface area contributed by atoms with E-state index in [1.54, 1.807) is 0 Å². The zero-order chi connectivity index (χ0) is 13.7. The summed E-state index contributed by atoms with van der Waals surface area (Å²) >= 11 is 0. The van der Waals surface area contributed by atoms with Crippen LogP contribution in [0.3, 0.4) is 0 Å². The van der Waals surface area contributed by atoms with Gasteiger partial charge in [0.25, 0.3) is 0 Å². The molecule has 0 radical (unpaired) electrons. The minimum Gasteiger partial charge on any atom is -0.468 e.